The van der Waals surface area contributed by atoms with Crippen LogP contribution in [-0.4, -0.2) is 71.6 Å². The van der Waals surface area contributed by atoms with Gasteiger partial charge in [-0.05, 0) is 18.6 Å². The Hall–Kier alpha value is -2.27. The number of methoxy groups -OCH3 is 1. The van der Waals surface area contributed by atoms with Crippen LogP contribution >= 0.6 is 11.8 Å². The normalized spacial score (nSPS) is 18.4. The van der Waals surface area contributed by atoms with Gasteiger partial charge in [0.15, 0.2) is 15.7 Å². The second kappa shape index (κ2) is 7.77. The van der Waals surface area contributed by atoms with E-state index in [1.54, 1.807) is 20.2 Å². The molecule has 0 aliphatic carbocycles. The standard InChI is InChI=1S/C16H21N5O4S2/c1-20(11-7-8-27(23,24)10-11)14(22)9-26-16-19-18-15(21(16)17)12-5-3-4-6-13(12)25-2/h3-6,11H,7-10,17H2,1-2H3/t11-/m1/s1. The van der Waals surface area contributed by atoms with Gasteiger partial charge in [0.2, 0.25) is 11.1 Å². The van der Waals surface area contributed by atoms with Crippen LogP contribution in [-0.2, 0) is 14.6 Å². The molecule has 2 N–H and O–H groups in total. The van der Waals surface area contributed by atoms with E-state index in [-0.39, 0.29) is 29.2 Å². The highest BCUT2D eigenvalue weighted by Crippen LogP contribution is 2.29. The van der Waals surface area contributed by atoms with E-state index >= 15 is 0 Å². The third-order valence-corrected chi connectivity index (χ3v) is 7.16. The Morgan fingerprint density at radius 3 is 2.81 bits per heavy atom. The number of hydrogen-bond acceptors (Lipinski definition) is 8. The maximum absolute atomic E-state index is 12.4. The molecule has 1 aromatic carbocycles. The zero-order valence-electron chi connectivity index (χ0n) is 15.0. The second-order valence-corrected chi connectivity index (χ2v) is 9.40. The van der Waals surface area contributed by atoms with Gasteiger partial charge in [-0.15, -0.1) is 10.2 Å². The van der Waals surface area contributed by atoms with Crippen molar-refractivity contribution in [1.29, 1.82) is 0 Å². The van der Waals surface area contributed by atoms with Crippen molar-refractivity contribution in [2.45, 2.75) is 17.6 Å². The summed E-state index contributed by atoms with van der Waals surface area (Å²) >= 11 is 1.15. The number of ether oxygens (including phenoxy) is 1. The summed E-state index contributed by atoms with van der Waals surface area (Å²) in [6, 6.07) is 7.02. The van der Waals surface area contributed by atoms with Crippen LogP contribution in [0.25, 0.3) is 11.4 Å². The van der Waals surface area contributed by atoms with Gasteiger partial charge in [-0.3, -0.25) is 4.79 Å². The summed E-state index contributed by atoms with van der Waals surface area (Å²) in [4.78, 5) is 13.9. The zero-order chi connectivity index (χ0) is 19.6. The maximum Gasteiger partial charge on any atom is 0.233 e. The molecular formula is C16H21N5O4S2. The molecule has 11 heteroatoms. The smallest absolute Gasteiger partial charge is 0.233 e. The molecule has 1 fully saturated rings. The fraction of sp³-hybridized carbons (Fsp3) is 0.438. The Morgan fingerprint density at radius 2 is 2.15 bits per heavy atom. The number of carbonyl (C=O) groups excluding carboxylic acids is 1. The summed E-state index contributed by atoms with van der Waals surface area (Å²) in [5, 5.41) is 8.53. The van der Waals surface area contributed by atoms with Gasteiger partial charge in [0.05, 0.1) is 29.9 Å². The van der Waals surface area contributed by atoms with E-state index < -0.39 is 9.84 Å². The van der Waals surface area contributed by atoms with Crippen molar-refractivity contribution in [1.82, 2.24) is 19.8 Å². The summed E-state index contributed by atoms with van der Waals surface area (Å²) in [5.74, 6) is 7.20. The highest BCUT2D eigenvalue weighted by atomic mass is 32.2. The van der Waals surface area contributed by atoms with E-state index in [1.165, 1.54) is 9.58 Å². The minimum Gasteiger partial charge on any atom is -0.496 e. The largest absolute Gasteiger partial charge is 0.496 e. The van der Waals surface area contributed by atoms with Crippen LogP contribution in [0.5, 0.6) is 5.75 Å². The Balaban J connectivity index is 1.67. The summed E-state index contributed by atoms with van der Waals surface area (Å²) in [7, 11) is 0.145. The Labute approximate surface area is 161 Å². The molecule has 3 rings (SSSR count). The summed E-state index contributed by atoms with van der Waals surface area (Å²) in [6.07, 6.45) is 0.472. The number of aromatic nitrogens is 3. The molecule has 2 heterocycles. The average molecular weight is 412 g/mol. The predicted octanol–water partition coefficient (Wildman–Crippen LogP) is 0.405. The van der Waals surface area contributed by atoms with Gasteiger partial charge < -0.3 is 15.5 Å². The van der Waals surface area contributed by atoms with E-state index in [0.29, 0.717) is 28.7 Å². The fourth-order valence-corrected chi connectivity index (χ4v) is 5.46. The second-order valence-electron chi connectivity index (χ2n) is 6.23. The van der Waals surface area contributed by atoms with E-state index in [9.17, 15) is 13.2 Å². The summed E-state index contributed by atoms with van der Waals surface area (Å²) in [5.41, 5.74) is 0.696. The highest BCUT2D eigenvalue weighted by molar-refractivity contribution is 7.99. The number of nitrogen functional groups attached to an aromatic ring is 1. The van der Waals surface area contributed by atoms with Crippen LogP contribution in [0.2, 0.25) is 0 Å². The first-order valence-corrected chi connectivity index (χ1v) is 11.1. The number of thioether (sulfide) groups is 1. The van der Waals surface area contributed by atoms with Gasteiger partial charge in [-0.1, -0.05) is 23.9 Å². The van der Waals surface area contributed by atoms with Crippen LogP contribution in [0.1, 0.15) is 6.42 Å². The number of sulfone groups is 1. The first-order valence-electron chi connectivity index (χ1n) is 8.25. The predicted molar refractivity (Wildman–Crippen MR) is 103 cm³/mol. The molecule has 1 aliphatic heterocycles. The monoisotopic (exact) mass is 411 g/mol. The first-order chi connectivity index (χ1) is 12.8. The number of benzene rings is 1. The molecule has 146 valence electrons. The molecule has 1 aromatic heterocycles. The molecule has 27 heavy (non-hydrogen) atoms. The topological polar surface area (TPSA) is 120 Å². The molecule has 0 radical (unpaired) electrons. The molecule has 1 amide bonds. The maximum atomic E-state index is 12.4. The van der Waals surface area contributed by atoms with E-state index in [4.69, 9.17) is 10.6 Å². The molecule has 1 saturated heterocycles. The number of nitrogens with two attached hydrogens (primary N) is 1. The van der Waals surface area contributed by atoms with Crippen LogP contribution in [0.4, 0.5) is 0 Å². The van der Waals surface area contributed by atoms with Gasteiger partial charge in [0.1, 0.15) is 5.75 Å². The van der Waals surface area contributed by atoms with Crippen molar-refractivity contribution in [3.63, 3.8) is 0 Å². The molecule has 0 unspecified atom stereocenters. The van der Waals surface area contributed by atoms with Crippen LogP contribution < -0.4 is 10.6 Å². The van der Waals surface area contributed by atoms with Crippen molar-refractivity contribution in [3.8, 4) is 17.1 Å². The molecule has 1 atom stereocenters. The van der Waals surface area contributed by atoms with E-state index in [2.05, 4.69) is 10.2 Å². The third-order valence-electron chi connectivity index (χ3n) is 4.49. The highest BCUT2D eigenvalue weighted by Gasteiger charge is 2.32. The molecule has 2 aromatic rings. The Bertz CT molecular complexity index is 944. The van der Waals surface area contributed by atoms with Crippen molar-refractivity contribution in [2.24, 2.45) is 0 Å². The van der Waals surface area contributed by atoms with Crippen molar-refractivity contribution >= 4 is 27.5 Å². The SMILES string of the molecule is COc1ccccc1-c1nnc(SCC(=O)N(C)[C@@H]2CCS(=O)(=O)C2)n1N. The van der Waals surface area contributed by atoms with Gasteiger partial charge in [-0.2, -0.15) is 0 Å². The summed E-state index contributed by atoms with van der Waals surface area (Å²) in [6.45, 7) is 0. The number of para-hydroxylation sites is 1. The average Bonchev–Trinajstić information content (AvgIpc) is 3.21. The third kappa shape index (κ3) is 4.19. The van der Waals surface area contributed by atoms with E-state index in [0.717, 1.165) is 11.8 Å². The van der Waals surface area contributed by atoms with Gasteiger partial charge in [-0.25, -0.2) is 13.1 Å². The molecule has 9 nitrogen and oxygen atoms in total. The fourth-order valence-electron chi connectivity index (χ4n) is 2.90. The Morgan fingerprint density at radius 1 is 1.41 bits per heavy atom. The zero-order valence-corrected chi connectivity index (χ0v) is 16.7. The molecular weight excluding hydrogens is 390 g/mol. The lowest BCUT2D eigenvalue weighted by Gasteiger charge is -2.23. The minimum atomic E-state index is -3.04. The van der Waals surface area contributed by atoms with Gasteiger partial charge in [0.25, 0.3) is 0 Å². The van der Waals surface area contributed by atoms with Gasteiger partial charge >= 0.3 is 0 Å². The van der Waals surface area contributed by atoms with Crippen LogP contribution in [0.3, 0.4) is 0 Å². The number of hydrogen-bond donors (Lipinski definition) is 1. The number of nitrogens with zero attached hydrogens (tertiary/aromatic N) is 4. The lowest BCUT2D eigenvalue weighted by atomic mass is 10.2. The number of amides is 1. The number of carbonyl (C=O) groups is 1. The molecule has 1 aliphatic rings. The molecule has 0 saturated carbocycles. The van der Waals surface area contributed by atoms with Crippen LogP contribution in [0.15, 0.2) is 29.4 Å². The lowest BCUT2D eigenvalue weighted by molar-refractivity contribution is -0.128. The van der Waals surface area contributed by atoms with Crippen molar-refractivity contribution in [3.05, 3.63) is 24.3 Å². The first kappa shape index (κ1) is 19.5. The van der Waals surface area contributed by atoms with E-state index in [1.807, 2.05) is 18.2 Å². The molecule has 0 bridgehead atoms. The van der Waals surface area contributed by atoms with Crippen LogP contribution in [0, 0.1) is 0 Å². The van der Waals surface area contributed by atoms with Crippen molar-refractivity contribution < 1.29 is 17.9 Å². The quantitative estimate of drug-likeness (QED) is 0.536. The Kier molecular flexibility index (Phi) is 5.61. The lowest BCUT2D eigenvalue weighted by Crippen LogP contribution is -2.38. The summed E-state index contributed by atoms with van der Waals surface area (Å²) < 4.78 is 29.8. The molecule has 0 spiro atoms. The van der Waals surface area contributed by atoms with Crippen molar-refractivity contribution in [2.75, 3.05) is 37.3 Å². The number of rotatable bonds is 6. The van der Waals surface area contributed by atoms with Gasteiger partial charge in [0, 0.05) is 13.1 Å². The minimum absolute atomic E-state index is 0.0188.